The molecule has 2 heterocycles. The number of benzene rings is 2. The van der Waals surface area contributed by atoms with Crippen molar-refractivity contribution in [1.29, 1.82) is 0 Å². The second-order valence-electron chi connectivity index (χ2n) is 7.36. The van der Waals surface area contributed by atoms with E-state index >= 15 is 0 Å². The molecule has 0 radical (unpaired) electrons. The summed E-state index contributed by atoms with van der Waals surface area (Å²) in [7, 11) is -3.61. The van der Waals surface area contributed by atoms with Crippen molar-refractivity contribution in [3.05, 3.63) is 59.9 Å². The number of anilines is 1. The Bertz CT molecular complexity index is 1190. The smallest absolute Gasteiger partial charge is 0.322 e. The van der Waals surface area contributed by atoms with Crippen molar-refractivity contribution in [2.45, 2.75) is 37.1 Å². The van der Waals surface area contributed by atoms with Crippen LogP contribution in [0, 0.1) is 5.82 Å². The second-order valence-corrected chi connectivity index (χ2v) is 9.25. The zero-order valence-electron chi connectivity index (χ0n) is 16.8. The molecular weight excluding hydrogens is 423 g/mol. The zero-order chi connectivity index (χ0) is 22.0. The molecule has 1 N–H and O–H groups in total. The first-order chi connectivity index (χ1) is 14.8. The zero-order valence-corrected chi connectivity index (χ0v) is 17.6. The molecule has 0 saturated carbocycles. The van der Waals surface area contributed by atoms with Gasteiger partial charge in [-0.25, -0.2) is 12.8 Å². The van der Waals surface area contributed by atoms with Gasteiger partial charge in [0.15, 0.2) is 0 Å². The summed E-state index contributed by atoms with van der Waals surface area (Å²) in [6.07, 6.45) is 2.69. The fourth-order valence-corrected chi connectivity index (χ4v) is 5.22. The van der Waals surface area contributed by atoms with Gasteiger partial charge in [-0.3, -0.25) is 10.1 Å². The molecule has 2 aromatic carbocycles. The highest BCUT2D eigenvalue weighted by molar-refractivity contribution is 7.89. The third-order valence-electron chi connectivity index (χ3n) is 5.18. The normalized spacial score (nSPS) is 17.4. The van der Waals surface area contributed by atoms with Gasteiger partial charge in [0.1, 0.15) is 5.82 Å². The van der Waals surface area contributed by atoms with E-state index in [1.165, 1.54) is 46.8 Å². The predicted molar refractivity (Wildman–Crippen MR) is 111 cm³/mol. The average Bonchev–Trinajstić information content (AvgIpc) is 3.22. The van der Waals surface area contributed by atoms with Crippen LogP contribution in [0.1, 0.15) is 36.5 Å². The second kappa shape index (κ2) is 8.56. The maximum Gasteiger partial charge on any atom is 0.322 e. The van der Waals surface area contributed by atoms with Crippen molar-refractivity contribution >= 4 is 21.9 Å². The van der Waals surface area contributed by atoms with Crippen molar-refractivity contribution in [2.75, 3.05) is 11.9 Å². The molecule has 1 atom stereocenters. The molecule has 1 fully saturated rings. The lowest BCUT2D eigenvalue weighted by atomic mass is 10.1. The highest BCUT2D eigenvalue weighted by atomic mass is 32.2. The van der Waals surface area contributed by atoms with Crippen LogP contribution in [-0.2, 0) is 10.0 Å². The summed E-state index contributed by atoms with van der Waals surface area (Å²) in [4.78, 5) is 12.6. The van der Waals surface area contributed by atoms with Gasteiger partial charge in [-0.15, -0.1) is 5.10 Å². The lowest BCUT2D eigenvalue weighted by Crippen LogP contribution is -2.41. The summed E-state index contributed by atoms with van der Waals surface area (Å²) in [6, 6.07) is 11.1. The number of hydrogen-bond acceptors (Lipinski definition) is 6. The number of piperidine rings is 1. The quantitative estimate of drug-likeness (QED) is 0.643. The van der Waals surface area contributed by atoms with E-state index in [1.807, 2.05) is 6.92 Å². The molecule has 1 aliphatic rings. The van der Waals surface area contributed by atoms with Gasteiger partial charge >= 0.3 is 6.01 Å². The molecule has 162 valence electrons. The Morgan fingerprint density at radius 3 is 2.65 bits per heavy atom. The van der Waals surface area contributed by atoms with E-state index in [0.29, 0.717) is 12.1 Å². The van der Waals surface area contributed by atoms with Gasteiger partial charge in [0.2, 0.25) is 15.9 Å². The Kier molecular flexibility index (Phi) is 5.84. The van der Waals surface area contributed by atoms with Crippen molar-refractivity contribution in [3.8, 4) is 11.5 Å². The number of aromatic nitrogens is 2. The minimum absolute atomic E-state index is 0.0495. The molecule has 0 aliphatic carbocycles. The van der Waals surface area contributed by atoms with Crippen LogP contribution in [0.25, 0.3) is 11.5 Å². The van der Waals surface area contributed by atoms with Crippen LogP contribution in [0.4, 0.5) is 10.4 Å². The molecule has 8 nitrogen and oxygen atoms in total. The molecular formula is C21H21FN4O4S. The van der Waals surface area contributed by atoms with E-state index < -0.39 is 21.7 Å². The monoisotopic (exact) mass is 444 g/mol. The number of sulfonamides is 1. The Balaban J connectivity index is 1.47. The van der Waals surface area contributed by atoms with E-state index in [1.54, 1.807) is 6.07 Å². The van der Waals surface area contributed by atoms with Crippen LogP contribution in [0.3, 0.4) is 0 Å². The molecule has 0 spiro atoms. The van der Waals surface area contributed by atoms with Crippen molar-refractivity contribution in [3.63, 3.8) is 0 Å². The largest absolute Gasteiger partial charge is 0.403 e. The molecule has 1 aliphatic heterocycles. The number of carbonyl (C=O) groups excluding carboxylic acids is 1. The van der Waals surface area contributed by atoms with Crippen LogP contribution in [-0.4, -0.2) is 41.4 Å². The number of rotatable bonds is 5. The summed E-state index contributed by atoms with van der Waals surface area (Å²) in [5, 5.41) is 10.00. The topological polar surface area (TPSA) is 105 Å². The third-order valence-corrected chi connectivity index (χ3v) is 7.21. The SMILES string of the molecule is CC1CCCCN1S(=O)(=O)c1ccc(C(=O)Nc2nnc(-c3cccc(F)c3)o2)cc1. The first-order valence-electron chi connectivity index (χ1n) is 9.87. The standard InChI is InChI=1S/C21H21FN4O4S/c1-14-5-2-3-12-26(14)31(28,29)18-10-8-15(9-11-18)19(27)23-21-25-24-20(30-21)16-6-4-7-17(22)13-16/h4,6-11,13-14H,2-3,5,12H2,1H3,(H,23,25,27). The van der Waals surface area contributed by atoms with Crippen LogP contribution in [0.5, 0.6) is 0 Å². The first kappa shape index (κ1) is 21.1. The average molecular weight is 444 g/mol. The van der Waals surface area contributed by atoms with Gasteiger partial charge in [-0.1, -0.05) is 17.6 Å². The van der Waals surface area contributed by atoms with E-state index in [2.05, 4.69) is 15.5 Å². The maximum absolute atomic E-state index is 13.3. The lowest BCUT2D eigenvalue weighted by Gasteiger charge is -2.32. The number of halogens is 1. The lowest BCUT2D eigenvalue weighted by molar-refractivity contribution is 0.102. The number of hydrogen-bond donors (Lipinski definition) is 1. The van der Waals surface area contributed by atoms with Crippen LogP contribution in [0.15, 0.2) is 57.8 Å². The van der Waals surface area contributed by atoms with Gasteiger partial charge in [-0.05, 0) is 62.2 Å². The summed E-state index contributed by atoms with van der Waals surface area (Å²) >= 11 is 0. The van der Waals surface area contributed by atoms with Gasteiger partial charge < -0.3 is 4.42 Å². The Hall–Kier alpha value is -3.11. The van der Waals surface area contributed by atoms with Crippen LogP contribution < -0.4 is 5.32 Å². The minimum atomic E-state index is -3.61. The Morgan fingerprint density at radius 1 is 1.16 bits per heavy atom. The minimum Gasteiger partial charge on any atom is -0.403 e. The maximum atomic E-state index is 13.3. The van der Waals surface area contributed by atoms with Gasteiger partial charge in [-0.2, -0.15) is 4.31 Å². The highest BCUT2D eigenvalue weighted by Crippen LogP contribution is 2.25. The summed E-state index contributed by atoms with van der Waals surface area (Å²) in [5.41, 5.74) is 0.616. The fraction of sp³-hybridized carbons (Fsp3) is 0.286. The molecule has 1 unspecified atom stereocenters. The molecule has 1 amide bonds. The van der Waals surface area contributed by atoms with E-state index in [4.69, 9.17) is 4.42 Å². The van der Waals surface area contributed by atoms with E-state index in [9.17, 15) is 17.6 Å². The molecule has 10 heteroatoms. The summed E-state index contributed by atoms with van der Waals surface area (Å²) in [5.74, 6) is -0.924. The molecule has 31 heavy (non-hydrogen) atoms. The number of nitrogens with one attached hydrogen (secondary N) is 1. The summed E-state index contributed by atoms with van der Waals surface area (Å²) in [6.45, 7) is 2.40. The predicted octanol–water partition coefficient (Wildman–Crippen LogP) is 3.69. The number of amides is 1. The van der Waals surface area contributed by atoms with Crippen molar-refractivity contribution in [2.24, 2.45) is 0 Å². The Morgan fingerprint density at radius 2 is 1.94 bits per heavy atom. The van der Waals surface area contributed by atoms with Crippen molar-refractivity contribution < 1.29 is 22.0 Å². The molecule has 4 rings (SSSR count). The third kappa shape index (κ3) is 4.49. The van der Waals surface area contributed by atoms with Crippen LogP contribution >= 0.6 is 0 Å². The van der Waals surface area contributed by atoms with Crippen LogP contribution in [0.2, 0.25) is 0 Å². The molecule has 0 bridgehead atoms. The van der Waals surface area contributed by atoms with E-state index in [0.717, 1.165) is 19.3 Å². The fourth-order valence-electron chi connectivity index (χ4n) is 3.52. The van der Waals surface area contributed by atoms with Gasteiger partial charge in [0, 0.05) is 23.7 Å². The van der Waals surface area contributed by atoms with Gasteiger partial charge in [0.25, 0.3) is 5.91 Å². The molecule has 1 aromatic heterocycles. The first-order valence-corrected chi connectivity index (χ1v) is 11.3. The highest BCUT2D eigenvalue weighted by Gasteiger charge is 2.31. The Labute approximate surface area is 179 Å². The number of nitrogens with zero attached hydrogens (tertiary/aromatic N) is 3. The van der Waals surface area contributed by atoms with E-state index in [-0.39, 0.29) is 28.4 Å². The van der Waals surface area contributed by atoms with Crippen molar-refractivity contribution in [1.82, 2.24) is 14.5 Å². The van der Waals surface area contributed by atoms with Gasteiger partial charge in [0.05, 0.1) is 4.90 Å². The number of carbonyl (C=O) groups is 1. The molecule has 3 aromatic rings. The molecule has 1 saturated heterocycles. The summed E-state index contributed by atoms with van der Waals surface area (Å²) < 4.78 is 46.0.